The van der Waals surface area contributed by atoms with Crippen LogP contribution in [0.3, 0.4) is 0 Å². The molecule has 1 saturated carbocycles. The molecule has 134 valence electrons. The quantitative estimate of drug-likeness (QED) is 0.739. The van der Waals surface area contributed by atoms with Gasteiger partial charge in [0.1, 0.15) is 6.10 Å². The number of benzene rings is 1. The molecule has 2 N–H and O–H groups in total. The van der Waals surface area contributed by atoms with Crippen molar-refractivity contribution in [1.29, 1.82) is 0 Å². The number of carbonyl (C=O) groups excluding carboxylic acids is 2. The van der Waals surface area contributed by atoms with Crippen molar-refractivity contribution in [1.82, 2.24) is 10.6 Å². The first-order chi connectivity index (χ1) is 12.0. The van der Waals surface area contributed by atoms with Crippen LogP contribution >= 0.6 is 15.9 Å². The van der Waals surface area contributed by atoms with Crippen LogP contribution in [0.15, 0.2) is 40.0 Å². The fraction of sp³-hybridized carbons (Fsp3) is 0.474. The molecule has 1 heterocycles. The van der Waals surface area contributed by atoms with Crippen molar-refractivity contribution in [3.8, 4) is 0 Å². The number of allylic oxidation sites excluding steroid dienone is 1. The first kappa shape index (κ1) is 18.0. The summed E-state index contributed by atoms with van der Waals surface area (Å²) in [5.74, 6) is 0.217. The topological polar surface area (TPSA) is 67.4 Å². The maximum atomic E-state index is 12.9. The molecule has 0 spiro atoms. The van der Waals surface area contributed by atoms with Crippen LogP contribution in [0.5, 0.6) is 0 Å². The third kappa shape index (κ3) is 4.06. The average molecular weight is 407 g/mol. The molecule has 6 heteroatoms. The van der Waals surface area contributed by atoms with Crippen LogP contribution in [-0.2, 0) is 9.53 Å². The summed E-state index contributed by atoms with van der Waals surface area (Å²) >= 11 is 3.51. The highest BCUT2D eigenvalue weighted by atomic mass is 79.9. The lowest BCUT2D eigenvalue weighted by Gasteiger charge is -2.31. The monoisotopic (exact) mass is 406 g/mol. The fourth-order valence-electron chi connectivity index (χ4n) is 3.61. The molecule has 0 unspecified atom stereocenters. The van der Waals surface area contributed by atoms with Crippen LogP contribution in [0.2, 0.25) is 0 Å². The number of urea groups is 1. The number of ether oxygens (including phenoxy) is 1. The maximum absolute atomic E-state index is 12.9. The van der Waals surface area contributed by atoms with E-state index in [2.05, 4.69) is 33.5 Å². The molecule has 2 aliphatic rings. The molecule has 0 aromatic heterocycles. The Kier molecular flexibility index (Phi) is 5.47. The van der Waals surface area contributed by atoms with E-state index >= 15 is 0 Å². The van der Waals surface area contributed by atoms with Crippen LogP contribution in [0.25, 0.3) is 0 Å². The van der Waals surface area contributed by atoms with Crippen molar-refractivity contribution in [2.24, 2.45) is 5.92 Å². The molecule has 3 atom stereocenters. The van der Waals surface area contributed by atoms with Crippen molar-refractivity contribution in [3.05, 3.63) is 45.6 Å². The predicted octanol–water partition coefficient (Wildman–Crippen LogP) is 4.20. The van der Waals surface area contributed by atoms with Crippen molar-refractivity contribution in [3.63, 3.8) is 0 Å². The van der Waals surface area contributed by atoms with Gasteiger partial charge < -0.3 is 15.4 Å². The normalized spacial score (nSPS) is 26.7. The summed E-state index contributed by atoms with van der Waals surface area (Å²) in [6, 6.07) is 6.72. The number of halogens is 1. The van der Waals surface area contributed by atoms with Gasteiger partial charge in [-0.15, -0.1) is 0 Å². The highest BCUT2D eigenvalue weighted by molar-refractivity contribution is 9.10. The van der Waals surface area contributed by atoms with E-state index in [0.717, 1.165) is 29.3 Å². The van der Waals surface area contributed by atoms with Gasteiger partial charge in [-0.1, -0.05) is 47.5 Å². The van der Waals surface area contributed by atoms with Gasteiger partial charge in [0.2, 0.25) is 0 Å². The Morgan fingerprint density at radius 1 is 1.28 bits per heavy atom. The lowest BCUT2D eigenvalue weighted by molar-refractivity contribution is -0.146. The Balaban J connectivity index is 1.87. The van der Waals surface area contributed by atoms with E-state index in [-0.39, 0.29) is 18.1 Å². The summed E-state index contributed by atoms with van der Waals surface area (Å²) in [5, 5.41) is 5.53. The van der Waals surface area contributed by atoms with Crippen molar-refractivity contribution < 1.29 is 14.3 Å². The molecule has 1 fully saturated rings. The van der Waals surface area contributed by atoms with Gasteiger partial charge in [-0.3, -0.25) is 0 Å². The molecule has 0 saturated heterocycles. The smallest absolute Gasteiger partial charge is 0.338 e. The van der Waals surface area contributed by atoms with Crippen LogP contribution in [0.1, 0.15) is 51.1 Å². The van der Waals surface area contributed by atoms with Gasteiger partial charge in [-0.05, 0) is 43.7 Å². The Morgan fingerprint density at radius 3 is 2.76 bits per heavy atom. The van der Waals surface area contributed by atoms with E-state index in [0.29, 0.717) is 17.2 Å². The van der Waals surface area contributed by atoms with E-state index in [4.69, 9.17) is 4.74 Å². The molecule has 1 aromatic rings. The first-order valence-corrected chi connectivity index (χ1v) is 9.48. The zero-order chi connectivity index (χ0) is 18.0. The van der Waals surface area contributed by atoms with Gasteiger partial charge in [0.25, 0.3) is 0 Å². The van der Waals surface area contributed by atoms with Crippen LogP contribution in [-0.4, -0.2) is 18.1 Å². The third-order valence-electron chi connectivity index (χ3n) is 4.87. The lowest BCUT2D eigenvalue weighted by atomic mass is 9.88. The Bertz CT molecular complexity index is 716. The van der Waals surface area contributed by atoms with Gasteiger partial charge in [-0.25, -0.2) is 9.59 Å². The number of amides is 2. The Hall–Kier alpha value is -1.82. The molecule has 5 nitrogen and oxygen atoms in total. The summed E-state index contributed by atoms with van der Waals surface area (Å²) in [5.41, 5.74) is 1.84. The number of hydrogen-bond donors (Lipinski definition) is 2. The van der Waals surface area contributed by atoms with E-state index in [1.807, 2.05) is 24.3 Å². The third-order valence-corrected chi connectivity index (χ3v) is 5.59. The van der Waals surface area contributed by atoms with E-state index < -0.39 is 6.04 Å². The highest BCUT2D eigenvalue weighted by Gasteiger charge is 2.34. The first-order valence-electron chi connectivity index (χ1n) is 8.69. The fourth-order valence-corrected chi connectivity index (χ4v) is 4.12. The second-order valence-electron chi connectivity index (χ2n) is 6.89. The Morgan fingerprint density at radius 2 is 2.04 bits per heavy atom. The van der Waals surface area contributed by atoms with Gasteiger partial charge in [0.05, 0.1) is 11.6 Å². The molecular formula is C19H23BrN2O3. The number of hydrogen-bond acceptors (Lipinski definition) is 3. The SMILES string of the molecule is CC1=C(C(=O)O[C@@H]2CCC[C@H](C)C2)[C@H](c2ccccc2Br)NC(=O)N1. The molecule has 3 rings (SSSR count). The van der Waals surface area contributed by atoms with Crippen molar-refractivity contribution in [2.75, 3.05) is 0 Å². The number of nitrogens with one attached hydrogen (secondary N) is 2. The zero-order valence-corrected chi connectivity index (χ0v) is 16.1. The maximum Gasteiger partial charge on any atom is 0.338 e. The number of carbonyl (C=O) groups is 2. The molecule has 1 aliphatic carbocycles. The predicted molar refractivity (Wildman–Crippen MR) is 98.8 cm³/mol. The molecular weight excluding hydrogens is 384 g/mol. The second-order valence-corrected chi connectivity index (χ2v) is 7.75. The van der Waals surface area contributed by atoms with Gasteiger partial charge in [0, 0.05) is 10.2 Å². The molecule has 1 aliphatic heterocycles. The number of rotatable bonds is 3. The zero-order valence-electron chi connectivity index (χ0n) is 14.5. The van der Waals surface area contributed by atoms with Gasteiger partial charge >= 0.3 is 12.0 Å². The molecule has 2 amide bonds. The highest BCUT2D eigenvalue weighted by Crippen LogP contribution is 2.33. The molecule has 1 aromatic carbocycles. The van der Waals surface area contributed by atoms with Gasteiger partial charge in [-0.2, -0.15) is 0 Å². The molecule has 0 bridgehead atoms. The van der Waals surface area contributed by atoms with Gasteiger partial charge in [0.15, 0.2) is 0 Å². The minimum atomic E-state index is -0.530. The van der Waals surface area contributed by atoms with Crippen molar-refractivity contribution in [2.45, 2.75) is 51.7 Å². The van der Waals surface area contributed by atoms with E-state index in [1.165, 1.54) is 6.42 Å². The standard InChI is InChI=1S/C19H23BrN2O3/c1-11-6-5-7-13(10-11)25-18(23)16-12(2)21-19(24)22-17(16)14-8-3-4-9-15(14)20/h3-4,8-9,11,13,17H,5-7,10H2,1-2H3,(H2,21,22,24)/t11-,13+,17-/m0/s1. The van der Waals surface area contributed by atoms with Crippen LogP contribution in [0, 0.1) is 5.92 Å². The van der Waals surface area contributed by atoms with E-state index in [1.54, 1.807) is 6.92 Å². The number of esters is 1. The second kappa shape index (κ2) is 7.60. The summed E-state index contributed by atoms with van der Waals surface area (Å²) < 4.78 is 6.63. The molecule has 0 radical (unpaired) electrons. The molecule has 25 heavy (non-hydrogen) atoms. The Labute approximate surface area is 156 Å². The van der Waals surface area contributed by atoms with Crippen LogP contribution in [0.4, 0.5) is 4.79 Å². The summed E-state index contributed by atoms with van der Waals surface area (Å²) in [7, 11) is 0. The lowest BCUT2D eigenvalue weighted by Crippen LogP contribution is -2.45. The van der Waals surface area contributed by atoms with Crippen molar-refractivity contribution >= 4 is 27.9 Å². The minimum Gasteiger partial charge on any atom is -0.459 e. The minimum absolute atomic E-state index is 0.0472. The van der Waals surface area contributed by atoms with Crippen LogP contribution < -0.4 is 10.6 Å². The summed E-state index contributed by atoms with van der Waals surface area (Å²) in [6.07, 6.45) is 4.03. The average Bonchev–Trinajstić information content (AvgIpc) is 2.54. The summed E-state index contributed by atoms with van der Waals surface area (Å²) in [6.45, 7) is 3.93. The van der Waals surface area contributed by atoms with E-state index in [9.17, 15) is 9.59 Å². The summed E-state index contributed by atoms with van der Waals surface area (Å²) in [4.78, 5) is 24.8. The largest absolute Gasteiger partial charge is 0.459 e.